The van der Waals surface area contributed by atoms with Gasteiger partial charge in [-0.25, -0.2) is 0 Å². The fourth-order valence-electron chi connectivity index (χ4n) is 1.52. The van der Waals surface area contributed by atoms with Crippen LogP contribution >= 0.6 is 0 Å². The molecule has 1 aromatic carbocycles. The Balaban J connectivity index is 2.23. The molecule has 1 amide bonds. The van der Waals surface area contributed by atoms with Crippen LogP contribution < -0.4 is 11.1 Å². The van der Waals surface area contributed by atoms with Gasteiger partial charge in [-0.2, -0.15) is 0 Å². The summed E-state index contributed by atoms with van der Waals surface area (Å²) < 4.78 is 5.12. The number of amides is 1. The highest BCUT2D eigenvalue weighted by atomic mass is 16.4. The van der Waals surface area contributed by atoms with Crippen molar-refractivity contribution < 1.29 is 9.21 Å². The first-order valence-corrected chi connectivity index (χ1v) is 5.85. The molecule has 2 rings (SSSR count). The summed E-state index contributed by atoms with van der Waals surface area (Å²) in [5, 5.41) is 10.3. The fourth-order valence-corrected chi connectivity index (χ4v) is 1.52. The predicted octanol–water partition coefficient (Wildman–Crippen LogP) is 1.72. The second-order valence-corrected chi connectivity index (χ2v) is 4.95. The van der Waals surface area contributed by atoms with Crippen molar-refractivity contribution in [2.24, 2.45) is 5.73 Å². The van der Waals surface area contributed by atoms with E-state index in [1.807, 2.05) is 13.0 Å². The third-order valence-electron chi connectivity index (χ3n) is 2.67. The van der Waals surface area contributed by atoms with Crippen LogP contribution in [0, 0.1) is 6.92 Å². The molecule has 1 heterocycles. The number of aryl methyl sites for hydroxylation is 1. The minimum atomic E-state index is -0.919. The highest BCUT2D eigenvalue weighted by molar-refractivity contribution is 5.98. The third-order valence-corrected chi connectivity index (χ3v) is 2.67. The number of nitrogens with one attached hydrogen (secondary N) is 1. The normalized spacial score (nSPS) is 11.4. The quantitative estimate of drug-likeness (QED) is 0.876. The maximum Gasteiger partial charge on any atom is 0.247 e. The van der Waals surface area contributed by atoms with Gasteiger partial charge >= 0.3 is 0 Å². The summed E-state index contributed by atoms with van der Waals surface area (Å²) >= 11 is 0. The lowest BCUT2D eigenvalue weighted by Gasteiger charge is -2.18. The molecule has 6 heteroatoms. The predicted molar refractivity (Wildman–Crippen MR) is 71.4 cm³/mol. The molecule has 19 heavy (non-hydrogen) atoms. The van der Waals surface area contributed by atoms with Gasteiger partial charge in [-0.3, -0.25) is 4.79 Å². The van der Waals surface area contributed by atoms with Crippen molar-refractivity contribution in [1.29, 1.82) is 0 Å². The molecule has 100 valence electrons. The molecule has 0 bridgehead atoms. The Morgan fingerprint density at radius 2 is 2.16 bits per heavy atom. The lowest BCUT2D eigenvalue weighted by Crippen LogP contribution is -2.45. The minimum Gasteiger partial charge on any atom is -0.423 e. The Morgan fingerprint density at radius 1 is 1.42 bits per heavy atom. The van der Waals surface area contributed by atoms with Crippen molar-refractivity contribution in [3.63, 3.8) is 0 Å². The van der Waals surface area contributed by atoms with Gasteiger partial charge in [0.1, 0.15) is 0 Å². The van der Waals surface area contributed by atoms with E-state index in [0.29, 0.717) is 11.6 Å². The van der Waals surface area contributed by atoms with Crippen LogP contribution in [0.15, 0.2) is 29.0 Å². The summed E-state index contributed by atoms with van der Waals surface area (Å²) in [7, 11) is 0. The van der Waals surface area contributed by atoms with Gasteiger partial charge < -0.3 is 15.5 Å². The summed E-state index contributed by atoms with van der Waals surface area (Å²) in [6, 6.07) is 5.46. The number of hydrogen-bond acceptors (Lipinski definition) is 5. The van der Waals surface area contributed by atoms with E-state index >= 15 is 0 Å². The largest absolute Gasteiger partial charge is 0.423 e. The molecule has 0 saturated heterocycles. The monoisotopic (exact) mass is 260 g/mol. The smallest absolute Gasteiger partial charge is 0.247 e. The number of nitrogens with zero attached hydrogens (tertiary/aromatic N) is 2. The average Bonchev–Trinajstić information content (AvgIpc) is 2.84. The molecular formula is C13H16N4O2. The molecule has 0 radical (unpaired) electrons. The van der Waals surface area contributed by atoms with E-state index in [4.69, 9.17) is 10.2 Å². The summed E-state index contributed by atoms with van der Waals surface area (Å²) in [5.41, 5.74) is 7.24. The molecule has 6 nitrogen and oxygen atoms in total. The molecule has 0 aliphatic rings. The molecule has 2 aromatic rings. The Kier molecular flexibility index (Phi) is 3.35. The highest BCUT2D eigenvalue weighted by Gasteiger charge is 2.22. The fraction of sp³-hybridized carbons (Fsp3) is 0.308. The Bertz CT molecular complexity index is 585. The maximum atomic E-state index is 11.8. The van der Waals surface area contributed by atoms with Gasteiger partial charge in [0.25, 0.3) is 0 Å². The van der Waals surface area contributed by atoms with E-state index in [2.05, 4.69) is 15.5 Å². The Morgan fingerprint density at radius 3 is 2.68 bits per heavy atom. The molecule has 0 aliphatic heterocycles. The molecule has 0 aliphatic carbocycles. The topological polar surface area (TPSA) is 94.0 Å². The van der Waals surface area contributed by atoms with Crippen molar-refractivity contribution in [2.75, 3.05) is 5.32 Å². The molecular weight excluding hydrogens is 244 g/mol. The molecule has 0 fully saturated rings. The average molecular weight is 260 g/mol. The van der Waals surface area contributed by atoms with Crippen LogP contribution in [-0.4, -0.2) is 21.6 Å². The number of nitrogens with two attached hydrogens (primary N) is 1. The first-order chi connectivity index (χ1) is 8.88. The van der Waals surface area contributed by atoms with Crippen LogP contribution in [0.2, 0.25) is 0 Å². The number of anilines is 1. The standard InChI is InChI=1S/C13H16N4O2/c1-8-6-9(11-17-15-7-19-11)4-5-10(8)16-12(18)13(2,3)14/h4-7H,14H2,1-3H3,(H,16,18). The zero-order valence-corrected chi connectivity index (χ0v) is 11.1. The van der Waals surface area contributed by atoms with Gasteiger partial charge in [-0.15, -0.1) is 10.2 Å². The number of benzene rings is 1. The van der Waals surface area contributed by atoms with Crippen molar-refractivity contribution in [2.45, 2.75) is 26.3 Å². The van der Waals surface area contributed by atoms with Crippen LogP contribution in [0.1, 0.15) is 19.4 Å². The Hall–Kier alpha value is -2.21. The minimum absolute atomic E-state index is 0.235. The molecule has 0 atom stereocenters. The third kappa shape index (κ3) is 2.97. The van der Waals surface area contributed by atoms with E-state index in [1.54, 1.807) is 26.0 Å². The molecule has 1 aromatic heterocycles. The number of aromatic nitrogens is 2. The van der Waals surface area contributed by atoms with Gasteiger partial charge in [0, 0.05) is 11.3 Å². The van der Waals surface area contributed by atoms with Crippen molar-refractivity contribution >= 4 is 11.6 Å². The first-order valence-electron chi connectivity index (χ1n) is 5.85. The summed E-state index contributed by atoms with van der Waals surface area (Å²) in [4.78, 5) is 11.8. The van der Waals surface area contributed by atoms with Gasteiger partial charge in [0.15, 0.2) is 0 Å². The number of rotatable bonds is 3. The van der Waals surface area contributed by atoms with Gasteiger partial charge in [0.05, 0.1) is 5.54 Å². The first kappa shape index (κ1) is 13.2. The van der Waals surface area contributed by atoms with Crippen molar-refractivity contribution in [3.8, 4) is 11.5 Å². The lowest BCUT2D eigenvalue weighted by molar-refractivity contribution is -0.120. The summed E-state index contributed by atoms with van der Waals surface area (Å²) in [6.45, 7) is 5.20. The van der Waals surface area contributed by atoms with Crippen molar-refractivity contribution in [1.82, 2.24) is 10.2 Å². The Labute approximate surface area is 111 Å². The SMILES string of the molecule is Cc1cc(-c2nnco2)ccc1NC(=O)C(C)(C)N. The summed E-state index contributed by atoms with van der Waals surface area (Å²) in [6.07, 6.45) is 1.28. The van der Waals surface area contributed by atoms with Crippen LogP contribution in [0.3, 0.4) is 0 Å². The second kappa shape index (κ2) is 4.81. The zero-order valence-electron chi connectivity index (χ0n) is 11.1. The van der Waals surface area contributed by atoms with Crippen LogP contribution in [0.5, 0.6) is 0 Å². The zero-order chi connectivity index (χ0) is 14.0. The van der Waals surface area contributed by atoms with E-state index in [1.165, 1.54) is 6.39 Å². The van der Waals surface area contributed by atoms with Crippen LogP contribution in [-0.2, 0) is 4.79 Å². The van der Waals surface area contributed by atoms with E-state index in [9.17, 15) is 4.79 Å². The number of carbonyl (C=O) groups excluding carboxylic acids is 1. The second-order valence-electron chi connectivity index (χ2n) is 4.95. The van der Waals surface area contributed by atoms with E-state index in [-0.39, 0.29) is 5.91 Å². The lowest BCUT2D eigenvalue weighted by atomic mass is 10.0. The van der Waals surface area contributed by atoms with Gasteiger partial charge in [-0.05, 0) is 44.5 Å². The molecule has 0 saturated carbocycles. The molecule has 0 unspecified atom stereocenters. The highest BCUT2D eigenvalue weighted by Crippen LogP contribution is 2.23. The number of hydrogen-bond donors (Lipinski definition) is 2. The molecule has 0 spiro atoms. The van der Waals surface area contributed by atoms with Crippen molar-refractivity contribution in [3.05, 3.63) is 30.2 Å². The van der Waals surface area contributed by atoms with Crippen LogP contribution in [0.4, 0.5) is 5.69 Å². The van der Waals surface area contributed by atoms with E-state index in [0.717, 1.165) is 11.1 Å². The molecule has 3 N–H and O–H groups in total. The van der Waals surface area contributed by atoms with Gasteiger partial charge in [0.2, 0.25) is 18.2 Å². The maximum absolute atomic E-state index is 11.8. The number of carbonyl (C=O) groups is 1. The summed E-state index contributed by atoms with van der Waals surface area (Å²) in [5.74, 6) is 0.210. The van der Waals surface area contributed by atoms with Crippen LogP contribution in [0.25, 0.3) is 11.5 Å². The van der Waals surface area contributed by atoms with E-state index < -0.39 is 5.54 Å². The van der Waals surface area contributed by atoms with Gasteiger partial charge in [-0.1, -0.05) is 0 Å².